The fraction of sp³-hybridized carbons (Fsp3) is 0.444. The van der Waals surface area contributed by atoms with E-state index in [0.29, 0.717) is 38.6 Å². The maximum absolute atomic E-state index is 13.9. The molecule has 14 heteroatoms. The predicted molar refractivity (Wildman–Crippen MR) is 151 cm³/mol. The van der Waals surface area contributed by atoms with Gasteiger partial charge in [-0.2, -0.15) is 10.2 Å². The molecule has 1 fully saturated rings. The lowest BCUT2D eigenvalue weighted by atomic mass is 10.1. The number of aliphatic hydroxyl groups excluding tert-OH is 1. The van der Waals surface area contributed by atoms with Gasteiger partial charge in [-0.25, -0.2) is 9.18 Å². The van der Waals surface area contributed by atoms with Crippen LogP contribution in [0.1, 0.15) is 30.9 Å². The van der Waals surface area contributed by atoms with Gasteiger partial charge in [-0.1, -0.05) is 11.3 Å². The molecule has 0 aliphatic carbocycles. The highest BCUT2D eigenvalue weighted by Crippen LogP contribution is 2.30. The van der Waals surface area contributed by atoms with E-state index in [1.807, 2.05) is 0 Å². The van der Waals surface area contributed by atoms with Crippen LogP contribution in [0.4, 0.5) is 4.39 Å². The van der Waals surface area contributed by atoms with Crippen LogP contribution < -0.4 is 21.3 Å². The Kier molecular flexibility index (Phi) is 10.0. The molecule has 0 saturated carbocycles. The lowest BCUT2D eigenvalue weighted by Crippen LogP contribution is -2.43. The average molecular weight is 589 g/mol. The van der Waals surface area contributed by atoms with E-state index in [9.17, 15) is 18.8 Å². The van der Waals surface area contributed by atoms with Crippen molar-refractivity contribution in [3.63, 3.8) is 0 Å². The van der Waals surface area contributed by atoms with E-state index in [4.69, 9.17) is 14.6 Å². The monoisotopic (exact) mass is 588 g/mol. The van der Waals surface area contributed by atoms with E-state index >= 15 is 0 Å². The Balaban J connectivity index is 0.000000483. The fourth-order valence-electron chi connectivity index (χ4n) is 4.49. The van der Waals surface area contributed by atoms with Gasteiger partial charge in [0.05, 0.1) is 31.0 Å². The molecule has 0 unspecified atom stereocenters. The molecule has 1 aliphatic rings. The van der Waals surface area contributed by atoms with Gasteiger partial charge in [0.25, 0.3) is 5.56 Å². The van der Waals surface area contributed by atoms with Crippen molar-refractivity contribution in [2.24, 2.45) is 0 Å². The Morgan fingerprint density at radius 1 is 1.22 bits per heavy atom. The molecule has 1 saturated heterocycles. The number of benzene rings is 1. The van der Waals surface area contributed by atoms with Crippen LogP contribution in [0.3, 0.4) is 0 Å². The molecule has 0 atom stereocenters. The Hall–Kier alpha value is -3.88. The lowest BCUT2D eigenvalue weighted by Gasteiger charge is -2.15. The minimum Gasteiger partial charge on any atom is -0.496 e. The highest BCUT2D eigenvalue weighted by molar-refractivity contribution is 7.21. The molecule has 5 rings (SSSR count). The second kappa shape index (κ2) is 13.7. The van der Waals surface area contributed by atoms with Gasteiger partial charge in [-0.15, -0.1) is 4.80 Å². The summed E-state index contributed by atoms with van der Waals surface area (Å²) in [6, 6.07) is 4.17. The van der Waals surface area contributed by atoms with Gasteiger partial charge in [-0.3, -0.25) is 18.7 Å². The van der Waals surface area contributed by atoms with Crippen molar-refractivity contribution in [3.05, 3.63) is 68.4 Å². The van der Waals surface area contributed by atoms with Crippen LogP contribution >= 0.6 is 11.3 Å². The highest BCUT2D eigenvalue weighted by Gasteiger charge is 2.23. The van der Waals surface area contributed by atoms with Crippen molar-refractivity contribution >= 4 is 27.5 Å². The van der Waals surface area contributed by atoms with Crippen molar-refractivity contribution in [1.82, 2.24) is 29.4 Å². The van der Waals surface area contributed by atoms with Crippen molar-refractivity contribution in [2.45, 2.75) is 52.3 Å². The van der Waals surface area contributed by atoms with Gasteiger partial charge < -0.3 is 19.9 Å². The molecule has 12 nitrogen and oxygen atoms in total. The predicted octanol–water partition coefficient (Wildman–Crippen LogP) is 1.80. The van der Waals surface area contributed by atoms with Gasteiger partial charge in [-0.05, 0) is 56.9 Å². The summed E-state index contributed by atoms with van der Waals surface area (Å²) in [4.78, 5) is 40.8. The summed E-state index contributed by atoms with van der Waals surface area (Å²) in [6.07, 6.45) is 4.84. The normalized spacial score (nSPS) is 13.6. The van der Waals surface area contributed by atoms with Gasteiger partial charge in [0, 0.05) is 31.9 Å². The number of hydrogen-bond donors (Lipinski definition) is 2. The quantitative estimate of drug-likeness (QED) is 0.317. The summed E-state index contributed by atoms with van der Waals surface area (Å²) in [5.41, 5.74) is -0.00690. The summed E-state index contributed by atoms with van der Waals surface area (Å²) in [5, 5.41) is 20.6. The maximum atomic E-state index is 13.9. The first kappa shape index (κ1) is 30.1. The van der Waals surface area contributed by atoms with Crippen LogP contribution in [-0.2, 0) is 29.0 Å². The number of methoxy groups -OCH3 is 1. The molecule has 4 aromatic rings. The zero-order valence-electron chi connectivity index (χ0n) is 23.1. The number of aromatic nitrogens is 5. The second-order valence-corrected chi connectivity index (χ2v) is 10.3. The zero-order valence-corrected chi connectivity index (χ0v) is 23.9. The number of amides is 1. The smallest absolute Gasteiger partial charge is 0.332 e. The molecule has 4 heterocycles. The summed E-state index contributed by atoms with van der Waals surface area (Å²) >= 11 is 1.20. The molecule has 2 N–H and O–H groups in total. The number of fused-ring (bicyclic) bond motifs is 1. The summed E-state index contributed by atoms with van der Waals surface area (Å²) in [5.74, 6) is -0.375. The Morgan fingerprint density at radius 3 is 2.54 bits per heavy atom. The minimum absolute atomic E-state index is 0.0891. The first-order chi connectivity index (χ1) is 19.7. The largest absolute Gasteiger partial charge is 0.496 e. The molecule has 0 bridgehead atoms. The van der Waals surface area contributed by atoms with E-state index in [1.165, 1.54) is 58.4 Å². The SMILES string of the molecule is CCNC(=O)Cn1c(=O)c2c(C)c(-n3nccn3)sc2n(CCc2cc(F)ccc2OC)c1=O.OC1CCOCC1. The van der Waals surface area contributed by atoms with Crippen molar-refractivity contribution in [3.8, 4) is 10.8 Å². The van der Waals surface area contributed by atoms with Crippen LogP contribution in [0.15, 0.2) is 40.2 Å². The molecular weight excluding hydrogens is 555 g/mol. The molecule has 1 aliphatic heterocycles. The van der Waals surface area contributed by atoms with E-state index in [-0.39, 0.29) is 19.1 Å². The standard InChI is InChI=1S/C22H23FN6O4S.C5H10O2/c1-4-24-17(30)12-28-19(31)18-13(2)20(29-25-8-9-26-29)34-21(18)27(22(28)32)10-7-14-11-15(23)5-6-16(14)33-3;6-5-1-3-7-4-2-5/h5-6,8-9,11H,4,7,10,12H2,1-3H3,(H,24,30);5-6H,1-4H2. The molecule has 220 valence electrons. The van der Waals surface area contributed by atoms with Gasteiger partial charge in [0.1, 0.15) is 27.9 Å². The second-order valence-electron chi connectivity index (χ2n) is 9.36. The lowest BCUT2D eigenvalue weighted by molar-refractivity contribution is -0.121. The molecule has 41 heavy (non-hydrogen) atoms. The van der Waals surface area contributed by atoms with Crippen LogP contribution in [-0.4, -0.2) is 68.1 Å². The van der Waals surface area contributed by atoms with E-state index in [1.54, 1.807) is 13.8 Å². The van der Waals surface area contributed by atoms with Crippen molar-refractivity contribution in [2.75, 3.05) is 26.9 Å². The van der Waals surface area contributed by atoms with E-state index in [0.717, 1.165) is 30.6 Å². The summed E-state index contributed by atoms with van der Waals surface area (Å²) in [6.45, 7) is 5.07. The number of nitrogens with one attached hydrogen (secondary N) is 1. The number of likely N-dealkylation sites (N-methyl/N-ethyl adjacent to an activating group) is 1. The molecule has 1 amide bonds. The van der Waals surface area contributed by atoms with Crippen molar-refractivity contribution < 1.29 is 23.8 Å². The molecular formula is C27H33FN6O6S. The van der Waals surface area contributed by atoms with Crippen LogP contribution in [0, 0.1) is 12.7 Å². The fourth-order valence-corrected chi connectivity index (χ4v) is 5.72. The van der Waals surface area contributed by atoms with Crippen molar-refractivity contribution in [1.29, 1.82) is 0 Å². The first-order valence-electron chi connectivity index (χ1n) is 13.2. The summed E-state index contributed by atoms with van der Waals surface area (Å²) in [7, 11) is 1.49. The Morgan fingerprint density at radius 2 is 1.93 bits per heavy atom. The zero-order chi connectivity index (χ0) is 29.5. The van der Waals surface area contributed by atoms with Crippen LogP contribution in [0.5, 0.6) is 5.75 Å². The molecule has 1 aromatic carbocycles. The number of aryl methyl sites for hydroxylation is 3. The number of halogens is 1. The highest BCUT2D eigenvalue weighted by atomic mass is 32.1. The average Bonchev–Trinajstić information content (AvgIpc) is 3.60. The number of carbonyl (C=O) groups is 1. The third-order valence-electron chi connectivity index (χ3n) is 6.58. The first-order valence-corrected chi connectivity index (χ1v) is 14.0. The third-order valence-corrected chi connectivity index (χ3v) is 7.86. The van der Waals surface area contributed by atoms with E-state index in [2.05, 4.69) is 15.5 Å². The number of rotatable bonds is 8. The Labute approximate surface area is 238 Å². The minimum atomic E-state index is -0.625. The Bertz CT molecular complexity index is 1610. The molecule has 0 radical (unpaired) electrons. The third kappa shape index (κ3) is 6.89. The number of hydrogen-bond acceptors (Lipinski definition) is 9. The number of nitrogens with zero attached hydrogens (tertiary/aromatic N) is 5. The van der Waals surface area contributed by atoms with Gasteiger partial charge in [0.15, 0.2) is 0 Å². The van der Waals surface area contributed by atoms with Crippen LogP contribution in [0.25, 0.3) is 15.2 Å². The molecule has 3 aromatic heterocycles. The summed E-state index contributed by atoms with van der Waals surface area (Å²) < 4.78 is 26.5. The maximum Gasteiger partial charge on any atom is 0.332 e. The molecule has 0 spiro atoms. The van der Waals surface area contributed by atoms with Crippen LogP contribution in [0.2, 0.25) is 0 Å². The number of carbonyl (C=O) groups excluding carboxylic acids is 1. The van der Waals surface area contributed by atoms with E-state index < -0.39 is 29.5 Å². The van der Waals surface area contributed by atoms with Gasteiger partial charge >= 0.3 is 5.69 Å². The number of ether oxygens (including phenoxy) is 2. The topological polar surface area (TPSA) is 142 Å². The number of thiophene rings is 1. The van der Waals surface area contributed by atoms with Gasteiger partial charge in [0.2, 0.25) is 5.91 Å². The number of aliphatic hydroxyl groups is 1.